The first kappa shape index (κ1) is 23.1. The van der Waals surface area contributed by atoms with Crippen molar-refractivity contribution < 1.29 is 18.3 Å². The number of carbonyl (C=O) groups excluding carboxylic acids is 1. The van der Waals surface area contributed by atoms with Gasteiger partial charge in [0.25, 0.3) is 0 Å². The summed E-state index contributed by atoms with van der Waals surface area (Å²) in [6, 6.07) is 27.8. The molecule has 0 amide bonds. The Bertz CT molecular complexity index is 1280. The quantitative estimate of drug-likeness (QED) is 0.162. The standard InChI is InChI=1S/C30H24F2O2/c1-21(24-5-3-2-4-6-24)19-23-9-7-22(8-10-23)11-12-25-13-14-26(20-29(25)32)30(33)34-28-17-15-27(31)16-18-28/h2-18,20-21H,19H2,1H3/b12-11+. The van der Waals surface area contributed by atoms with Crippen LogP contribution in [0.4, 0.5) is 8.78 Å². The molecule has 0 aliphatic heterocycles. The Hall–Kier alpha value is -4.05. The van der Waals surface area contributed by atoms with Crippen molar-refractivity contribution in [3.63, 3.8) is 0 Å². The molecule has 4 aromatic carbocycles. The number of benzene rings is 4. The van der Waals surface area contributed by atoms with Crippen LogP contribution in [0.3, 0.4) is 0 Å². The average Bonchev–Trinajstić information content (AvgIpc) is 2.86. The van der Waals surface area contributed by atoms with Gasteiger partial charge in [0.15, 0.2) is 0 Å². The lowest BCUT2D eigenvalue weighted by Crippen LogP contribution is -2.09. The van der Waals surface area contributed by atoms with E-state index in [4.69, 9.17) is 4.74 Å². The first-order valence-electron chi connectivity index (χ1n) is 11.1. The molecule has 0 fully saturated rings. The van der Waals surface area contributed by atoms with E-state index in [0.717, 1.165) is 18.1 Å². The summed E-state index contributed by atoms with van der Waals surface area (Å²) in [5.74, 6) is -1.06. The van der Waals surface area contributed by atoms with Crippen LogP contribution >= 0.6 is 0 Å². The SMILES string of the molecule is CC(Cc1ccc(/C=C/c2ccc(C(=O)Oc3ccc(F)cc3)cc2F)cc1)c1ccccc1. The molecule has 0 saturated carbocycles. The molecule has 4 heteroatoms. The van der Waals surface area contributed by atoms with Gasteiger partial charge in [-0.15, -0.1) is 0 Å². The highest BCUT2D eigenvalue weighted by Gasteiger charge is 2.11. The number of esters is 1. The summed E-state index contributed by atoms with van der Waals surface area (Å²) < 4.78 is 32.7. The van der Waals surface area contributed by atoms with Crippen molar-refractivity contribution in [2.75, 3.05) is 0 Å². The van der Waals surface area contributed by atoms with Crippen LogP contribution in [0, 0.1) is 11.6 Å². The molecule has 0 radical (unpaired) electrons. The Morgan fingerprint density at radius 2 is 1.56 bits per heavy atom. The Morgan fingerprint density at radius 3 is 2.24 bits per heavy atom. The van der Waals surface area contributed by atoms with Crippen LogP contribution in [0.1, 0.15) is 45.5 Å². The number of ether oxygens (including phenoxy) is 1. The molecule has 0 N–H and O–H groups in total. The van der Waals surface area contributed by atoms with Crippen molar-refractivity contribution >= 4 is 18.1 Å². The van der Waals surface area contributed by atoms with E-state index in [0.29, 0.717) is 11.5 Å². The van der Waals surface area contributed by atoms with Gasteiger partial charge in [-0.2, -0.15) is 0 Å². The molecule has 170 valence electrons. The third-order valence-corrected chi connectivity index (χ3v) is 5.61. The van der Waals surface area contributed by atoms with Gasteiger partial charge in [0.1, 0.15) is 17.4 Å². The van der Waals surface area contributed by atoms with E-state index in [-0.39, 0.29) is 11.3 Å². The molecule has 0 heterocycles. The Labute approximate surface area is 198 Å². The van der Waals surface area contributed by atoms with Crippen molar-refractivity contribution in [1.82, 2.24) is 0 Å². The molecular formula is C30H24F2O2. The van der Waals surface area contributed by atoms with Gasteiger partial charge in [0.05, 0.1) is 5.56 Å². The van der Waals surface area contributed by atoms with Crippen LogP contribution < -0.4 is 4.74 Å². The van der Waals surface area contributed by atoms with E-state index in [9.17, 15) is 13.6 Å². The van der Waals surface area contributed by atoms with E-state index >= 15 is 0 Å². The Kier molecular flexibility index (Phi) is 7.28. The number of halogens is 2. The summed E-state index contributed by atoms with van der Waals surface area (Å²) in [6.45, 7) is 2.21. The first-order chi connectivity index (χ1) is 16.5. The molecule has 1 atom stereocenters. The fourth-order valence-corrected chi connectivity index (χ4v) is 3.66. The molecule has 34 heavy (non-hydrogen) atoms. The van der Waals surface area contributed by atoms with Crippen LogP contribution in [0.15, 0.2) is 97.1 Å². The molecule has 4 rings (SSSR count). The molecule has 0 aromatic heterocycles. The fraction of sp³-hybridized carbons (Fsp3) is 0.100. The lowest BCUT2D eigenvalue weighted by Gasteiger charge is -2.12. The second-order valence-corrected chi connectivity index (χ2v) is 8.17. The zero-order valence-corrected chi connectivity index (χ0v) is 18.7. The van der Waals surface area contributed by atoms with Crippen molar-refractivity contribution in [1.29, 1.82) is 0 Å². The van der Waals surface area contributed by atoms with Crippen LogP contribution in [0.5, 0.6) is 5.75 Å². The minimum atomic E-state index is -0.707. The third-order valence-electron chi connectivity index (χ3n) is 5.61. The fourth-order valence-electron chi connectivity index (χ4n) is 3.66. The van der Waals surface area contributed by atoms with Gasteiger partial charge in [-0.25, -0.2) is 13.6 Å². The second kappa shape index (κ2) is 10.7. The van der Waals surface area contributed by atoms with Crippen LogP contribution in [0.2, 0.25) is 0 Å². The molecule has 0 aliphatic carbocycles. The number of hydrogen-bond acceptors (Lipinski definition) is 2. The van der Waals surface area contributed by atoms with Crippen molar-refractivity contribution in [3.05, 3.63) is 137 Å². The normalized spacial score (nSPS) is 12.0. The first-order valence-corrected chi connectivity index (χ1v) is 11.1. The zero-order valence-electron chi connectivity index (χ0n) is 18.7. The van der Waals surface area contributed by atoms with E-state index in [1.807, 2.05) is 24.3 Å². The number of hydrogen-bond donors (Lipinski definition) is 0. The summed E-state index contributed by atoms with van der Waals surface area (Å²) >= 11 is 0. The topological polar surface area (TPSA) is 26.3 Å². The molecular weight excluding hydrogens is 430 g/mol. The molecule has 0 saturated heterocycles. The smallest absolute Gasteiger partial charge is 0.343 e. The van der Waals surface area contributed by atoms with Gasteiger partial charge in [-0.05, 0) is 65.4 Å². The lowest BCUT2D eigenvalue weighted by atomic mass is 9.93. The van der Waals surface area contributed by atoms with Gasteiger partial charge in [0.2, 0.25) is 0 Å². The Balaban J connectivity index is 1.38. The van der Waals surface area contributed by atoms with Gasteiger partial charge >= 0.3 is 5.97 Å². The lowest BCUT2D eigenvalue weighted by molar-refractivity contribution is 0.0734. The van der Waals surface area contributed by atoms with E-state index in [1.54, 1.807) is 6.08 Å². The van der Waals surface area contributed by atoms with Gasteiger partial charge in [-0.3, -0.25) is 0 Å². The summed E-state index contributed by atoms with van der Waals surface area (Å²) in [4.78, 5) is 12.2. The van der Waals surface area contributed by atoms with Crippen LogP contribution in [-0.4, -0.2) is 5.97 Å². The van der Waals surface area contributed by atoms with Crippen molar-refractivity contribution in [2.24, 2.45) is 0 Å². The predicted molar refractivity (Wildman–Crippen MR) is 132 cm³/mol. The second-order valence-electron chi connectivity index (χ2n) is 8.17. The van der Waals surface area contributed by atoms with E-state index in [2.05, 4.69) is 43.3 Å². The van der Waals surface area contributed by atoms with Gasteiger partial charge in [0, 0.05) is 5.56 Å². The summed E-state index contributed by atoms with van der Waals surface area (Å²) in [5.41, 5.74) is 3.95. The number of rotatable bonds is 7. The maximum Gasteiger partial charge on any atom is 0.343 e. The highest BCUT2D eigenvalue weighted by Crippen LogP contribution is 2.21. The maximum absolute atomic E-state index is 14.6. The van der Waals surface area contributed by atoms with Crippen molar-refractivity contribution in [2.45, 2.75) is 19.3 Å². The van der Waals surface area contributed by atoms with Gasteiger partial charge < -0.3 is 4.74 Å². The average molecular weight is 455 g/mol. The van der Waals surface area contributed by atoms with Crippen molar-refractivity contribution in [3.8, 4) is 5.75 Å². The largest absolute Gasteiger partial charge is 0.423 e. The summed E-state index contributed by atoms with van der Waals surface area (Å²) in [6.07, 6.45) is 4.45. The molecule has 4 aromatic rings. The van der Waals surface area contributed by atoms with E-state index in [1.165, 1.54) is 47.5 Å². The molecule has 0 aliphatic rings. The maximum atomic E-state index is 14.6. The van der Waals surface area contributed by atoms with Crippen LogP contribution in [-0.2, 0) is 6.42 Å². The summed E-state index contributed by atoms with van der Waals surface area (Å²) in [5, 5.41) is 0. The highest BCUT2D eigenvalue weighted by molar-refractivity contribution is 5.91. The van der Waals surface area contributed by atoms with Crippen LogP contribution in [0.25, 0.3) is 12.2 Å². The predicted octanol–water partition coefficient (Wildman–Crippen LogP) is 7.70. The minimum absolute atomic E-state index is 0.0795. The highest BCUT2D eigenvalue weighted by atomic mass is 19.1. The molecule has 2 nitrogen and oxygen atoms in total. The summed E-state index contributed by atoms with van der Waals surface area (Å²) in [7, 11) is 0. The molecule has 0 spiro atoms. The third kappa shape index (κ3) is 6.04. The van der Waals surface area contributed by atoms with Gasteiger partial charge in [-0.1, -0.05) is 79.7 Å². The Morgan fingerprint density at radius 1 is 0.853 bits per heavy atom. The molecule has 1 unspecified atom stereocenters. The zero-order chi connectivity index (χ0) is 23.9. The number of carbonyl (C=O) groups is 1. The molecule has 0 bridgehead atoms. The monoisotopic (exact) mass is 454 g/mol. The van der Waals surface area contributed by atoms with E-state index < -0.39 is 17.6 Å². The minimum Gasteiger partial charge on any atom is -0.423 e.